The number of carboxylic acid groups (broad SMARTS) is 1. The molecule has 2 aliphatic rings. The van der Waals surface area contributed by atoms with Crippen LogP contribution in [0.3, 0.4) is 0 Å². The number of halogens is 4. The molecule has 202 valence electrons. The smallest absolute Gasteiger partial charge is 0.475 e. The van der Waals surface area contributed by atoms with Gasteiger partial charge >= 0.3 is 12.1 Å². The van der Waals surface area contributed by atoms with Crippen LogP contribution in [-0.4, -0.2) is 66.7 Å². The predicted octanol–water partition coefficient (Wildman–Crippen LogP) is 2.92. The Morgan fingerprint density at radius 2 is 1.68 bits per heavy atom. The minimum Gasteiger partial charge on any atom is -0.475 e. The number of likely N-dealkylation sites (tertiary alicyclic amines) is 1. The molecule has 2 amide bonds. The number of piperidine rings is 1. The monoisotopic (exact) mass is 533 g/mol. The fraction of sp³-hybridized carbons (Fsp3) is 0.370. The molecule has 11 heteroatoms. The number of carboxylic acids is 1. The van der Waals surface area contributed by atoms with Crippen LogP contribution in [0.25, 0.3) is 0 Å². The molecule has 2 aromatic rings. The van der Waals surface area contributed by atoms with Crippen molar-refractivity contribution in [2.45, 2.75) is 24.9 Å². The summed E-state index contributed by atoms with van der Waals surface area (Å²) in [5.41, 5.74) is 1.39. The van der Waals surface area contributed by atoms with Gasteiger partial charge in [-0.3, -0.25) is 9.59 Å². The fourth-order valence-electron chi connectivity index (χ4n) is 4.63. The van der Waals surface area contributed by atoms with Gasteiger partial charge in [-0.2, -0.15) is 13.2 Å². The molecule has 2 fully saturated rings. The van der Waals surface area contributed by atoms with Gasteiger partial charge in [-0.25, -0.2) is 9.18 Å². The maximum absolute atomic E-state index is 13.3. The number of alkyl halides is 3. The molecule has 1 spiro atoms. The van der Waals surface area contributed by atoms with Crippen molar-refractivity contribution in [3.8, 4) is 11.8 Å². The number of nitrogens with one attached hydrogen (secondary N) is 2. The van der Waals surface area contributed by atoms with E-state index < -0.39 is 17.6 Å². The summed E-state index contributed by atoms with van der Waals surface area (Å²) >= 11 is 0. The van der Waals surface area contributed by atoms with E-state index >= 15 is 0 Å². The number of hydrogen-bond acceptors (Lipinski definition) is 4. The highest BCUT2D eigenvalue weighted by Crippen LogP contribution is 2.47. The molecular weight excluding hydrogens is 506 g/mol. The Hall–Kier alpha value is -3.91. The summed E-state index contributed by atoms with van der Waals surface area (Å²) < 4.78 is 45.1. The number of rotatable bonds is 4. The van der Waals surface area contributed by atoms with E-state index in [9.17, 15) is 27.2 Å². The zero-order chi connectivity index (χ0) is 27.8. The molecule has 2 heterocycles. The molecule has 0 saturated carbocycles. The first-order valence-electron chi connectivity index (χ1n) is 11.9. The first-order chi connectivity index (χ1) is 18.0. The highest BCUT2D eigenvalue weighted by molar-refractivity contribution is 5.94. The Labute approximate surface area is 217 Å². The summed E-state index contributed by atoms with van der Waals surface area (Å²) in [6, 6.07) is 15.9. The number of aliphatic carboxylic acids is 1. The molecule has 2 saturated heterocycles. The quantitative estimate of drug-likeness (QED) is 0.415. The topological polar surface area (TPSA) is 98.7 Å². The molecule has 38 heavy (non-hydrogen) atoms. The van der Waals surface area contributed by atoms with Gasteiger partial charge in [0, 0.05) is 37.0 Å². The van der Waals surface area contributed by atoms with Gasteiger partial charge in [0.05, 0.1) is 5.41 Å². The van der Waals surface area contributed by atoms with Gasteiger partial charge in [-0.05, 0) is 55.8 Å². The number of hydrogen-bond donors (Lipinski definition) is 3. The highest BCUT2D eigenvalue weighted by Gasteiger charge is 2.51. The zero-order valence-electron chi connectivity index (χ0n) is 20.4. The Bertz CT molecular complexity index is 1180. The molecule has 2 aromatic carbocycles. The molecule has 2 aliphatic heterocycles. The van der Waals surface area contributed by atoms with Crippen molar-refractivity contribution in [1.29, 1.82) is 0 Å². The van der Waals surface area contributed by atoms with Crippen molar-refractivity contribution in [3.63, 3.8) is 0 Å². The van der Waals surface area contributed by atoms with Crippen molar-refractivity contribution >= 4 is 17.8 Å². The van der Waals surface area contributed by atoms with Gasteiger partial charge < -0.3 is 20.6 Å². The van der Waals surface area contributed by atoms with Gasteiger partial charge in [0.25, 0.3) is 5.91 Å². The SMILES string of the molecule is O=C(C#Cc1ccccc1)NCCN1CCC2(CC1)C(=O)NC[C@@H]2c1ccc(F)cc1.O=C(O)C(F)(F)F. The molecule has 0 aliphatic carbocycles. The highest BCUT2D eigenvalue weighted by atomic mass is 19.4. The van der Waals surface area contributed by atoms with E-state index in [1.165, 1.54) is 12.1 Å². The van der Waals surface area contributed by atoms with Gasteiger partial charge in [0.15, 0.2) is 0 Å². The third-order valence-electron chi connectivity index (χ3n) is 6.66. The fourth-order valence-corrected chi connectivity index (χ4v) is 4.63. The molecule has 0 radical (unpaired) electrons. The van der Waals surface area contributed by atoms with Crippen LogP contribution in [0.4, 0.5) is 17.6 Å². The standard InChI is InChI=1S/C25H26FN3O2.C2HF3O2/c26-21-9-7-20(8-10-21)22-18-28-24(31)25(22)12-15-29(16-13-25)17-14-27-23(30)11-6-19-4-2-1-3-5-19;3-2(4,5)1(6)7/h1-5,7-10,22H,12-18H2,(H,27,30)(H,28,31);(H,6,7)/t22-;/m1./s1. The second kappa shape index (κ2) is 12.6. The Kier molecular flexibility index (Phi) is 9.47. The van der Waals surface area contributed by atoms with E-state index in [0.717, 1.165) is 43.6 Å². The van der Waals surface area contributed by atoms with Crippen molar-refractivity contribution < 1.29 is 37.1 Å². The van der Waals surface area contributed by atoms with Crippen LogP contribution in [0.5, 0.6) is 0 Å². The molecule has 7 nitrogen and oxygen atoms in total. The summed E-state index contributed by atoms with van der Waals surface area (Å²) in [7, 11) is 0. The molecule has 0 bridgehead atoms. The molecule has 0 aromatic heterocycles. The van der Waals surface area contributed by atoms with E-state index in [4.69, 9.17) is 9.90 Å². The molecule has 4 rings (SSSR count). The van der Waals surface area contributed by atoms with Crippen LogP contribution in [0.2, 0.25) is 0 Å². The average Bonchev–Trinajstić information content (AvgIpc) is 3.20. The predicted molar refractivity (Wildman–Crippen MR) is 130 cm³/mol. The summed E-state index contributed by atoms with van der Waals surface area (Å²) in [4.78, 5) is 35.8. The van der Waals surface area contributed by atoms with E-state index in [0.29, 0.717) is 13.1 Å². The third-order valence-corrected chi connectivity index (χ3v) is 6.66. The lowest BCUT2D eigenvalue weighted by molar-refractivity contribution is -0.192. The number of carbonyl (C=O) groups excluding carboxylic acids is 2. The minimum absolute atomic E-state index is 0.0655. The number of amides is 2. The Balaban J connectivity index is 0.000000505. The van der Waals surface area contributed by atoms with E-state index in [1.54, 1.807) is 12.1 Å². The summed E-state index contributed by atoms with van der Waals surface area (Å²) in [5.74, 6) is 2.32. The number of benzene rings is 2. The second-order valence-electron chi connectivity index (χ2n) is 8.99. The van der Waals surface area contributed by atoms with Gasteiger partial charge in [0.1, 0.15) is 5.82 Å². The second-order valence-corrected chi connectivity index (χ2v) is 8.99. The Morgan fingerprint density at radius 1 is 1.08 bits per heavy atom. The lowest BCUT2D eigenvalue weighted by Gasteiger charge is -2.41. The molecule has 1 atom stereocenters. The van der Waals surface area contributed by atoms with Gasteiger partial charge in [-0.15, -0.1) is 0 Å². The Morgan fingerprint density at radius 3 is 2.26 bits per heavy atom. The first kappa shape index (κ1) is 28.7. The van der Waals surface area contributed by atoms with E-state index in [2.05, 4.69) is 27.4 Å². The zero-order valence-corrected chi connectivity index (χ0v) is 20.4. The summed E-state index contributed by atoms with van der Waals surface area (Å²) in [6.45, 7) is 3.41. The third kappa shape index (κ3) is 7.55. The van der Waals surface area contributed by atoms with Crippen molar-refractivity contribution in [2.75, 3.05) is 32.7 Å². The summed E-state index contributed by atoms with van der Waals surface area (Å²) in [6.07, 6.45) is -3.58. The van der Waals surface area contributed by atoms with Crippen LogP contribution < -0.4 is 10.6 Å². The largest absolute Gasteiger partial charge is 0.490 e. The van der Waals surface area contributed by atoms with Crippen LogP contribution in [0.15, 0.2) is 54.6 Å². The molecular formula is C27H27F4N3O4. The average molecular weight is 534 g/mol. The number of nitrogens with zero attached hydrogens (tertiary/aromatic N) is 1. The molecule has 0 unspecified atom stereocenters. The van der Waals surface area contributed by atoms with Crippen LogP contribution in [0.1, 0.15) is 29.9 Å². The van der Waals surface area contributed by atoms with Crippen molar-refractivity contribution in [2.24, 2.45) is 5.41 Å². The van der Waals surface area contributed by atoms with E-state index in [-0.39, 0.29) is 23.5 Å². The lowest BCUT2D eigenvalue weighted by atomic mass is 9.68. The first-order valence-corrected chi connectivity index (χ1v) is 11.9. The van der Waals surface area contributed by atoms with Crippen LogP contribution >= 0.6 is 0 Å². The van der Waals surface area contributed by atoms with Crippen LogP contribution in [-0.2, 0) is 14.4 Å². The van der Waals surface area contributed by atoms with Crippen LogP contribution in [0, 0.1) is 23.1 Å². The van der Waals surface area contributed by atoms with Gasteiger partial charge in [0.2, 0.25) is 5.91 Å². The van der Waals surface area contributed by atoms with Crippen molar-refractivity contribution in [1.82, 2.24) is 15.5 Å². The minimum atomic E-state index is -5.08. The summed E-state index contributed by atoms with van der Waals surface area (Å²) in [5, 5.41) is 13.0. The lowest BCUT2D eigenvalue weighted by Crippen LogP contribution is -2.47. The van der Waals surface area contributed by atoms with E-state index in [1.807, 2.05) is 30.3 Å². The van der Waals surface area contributed by atoms with Gasteiger partial charge in [-0.1, -0.05) is 36.3 Å². The molecule has 3 N–H and O–H groups in total. The maximum Gasteiger partial charge on any atom is 0.490 e. The number of carbonyl (C=O) groups is 3. The maximum atomic E-state index is 13.3. The normalized spacial score (nSPS) is 18.4. The van der Waals surface area contributed by atoms with Crippen molar-refractivity contribution in [3.05, 3.63) is 71.5 Å².